The lowest BCUT2D eigenvalue weighted by Crippen LogP contribution is -2.31. The van der Waals surface area contributed by atoms with Crippen molar-refractivity contribution in [1.29, 1.82) is 0 Å². The molecule has 0 saturated carbocycles. The Balaban J connectivity index is 1.63. The highest BCUT2D eigenvalue weighted by Gasteiger charge is 2.16. The Morgan fingerprint density at radius 3 is 2.36 bits per heavy atom. The average Bonchev–Trinajstić information content (AvgIpc) is 3.08. The van der Waals surface area contributed by atoms with E-state index in [2.05, 4.69) is 5.32 Å². The van der Waals surface area contributed by atoms with Crippen LogP contribution in [0.15, 0.2) is 65.1 Å². The zero-order valence-electron chi connectivity index (χ0n) is 13.7. The van der Waals surface area contributed by atoms with Gasteiger partial charge in [-0.05, 0) is 42.8 Å². The van der Waals surface area contributed by atoms with Gasteiger partial charge in [0.15, 0.2) is 0 Å². The van der Waals surface area contributed by atoms with Crippen LogP contribution in [-0.4, -0.2) is 11.1 Å². The number of aliphatic hydroxyl groups is 1. The molecule has 1 heterocycles. The van der Waals surface area contributed by atoms with Crippen molar-refractivity contribution in [1.82, 2.24) is 5.32 Å². The van der Waals surface area contributed by atoms with E-state index in [1.807, 2.05) is 61.5 Å². The second-order valence-electron chi connectivity index (χ2n) is 5.95. The lowest BCUT2D eigenvalue weighted by Gasteiger charge is -2.20. The van der Waals surface area contributed by atoms with E-state index < -0.39 is 6.10 Å². The molecule has 0 aliphatic rings. The first-order valence-corrected chi connectivity index (χ1v) is 8.80. The average molecular weight is 376 g/mol. The normalized spacial score (nSPS) is 13.6. The molecule has 2 atom stereocenters. The fourth-order valence-corrected chi connectivity index (χ4v) is 3.16. The highest BCUT2D eigenvalue weighted by Crippen LogP contribution is 2.28. The maximum absolute atomic E-state index is 10.4. The van der Waals surface area contributed by atoms with Crippen LogP contribution in [-0.2, 0) is 6.54 Å². The number of halogens is 2. The minimum Gasteiger partial charge on any atom is -0.460 e. The molecule has 0 aliphatic carbocycles. The molecule has 0 fully saturated rings. The third kappa shape index (κ3) is 4.65. The van der Waals surface area contributed by atoms with Gasteiger partial charge >= 0.3 is 0 Å². The van der Waals surface area contributed by atoms with Crippen LogP contribution in [0.1, 0.15) is 24.4 Å². The summed E-state index contributed by atoms with van der Waals surface area (Å²) in [6.45, 7) is 2.46. The summed E-state index contributed by atoms with van der Waals surface area (Å²) in [5.41, 5.74) is 1.72. The monoisotopic (exact) mass is 375 g/mol. The van der Waals surface area contributed by atoms with E-state index in [9.17, 15) is 5.11 Å². The molecule has 25 heavy (non-hydrogen) atoms. The number of aliphatic hydroxyl groups excluding tert-OH is 1. The number of benzene rings is 2. The fraction of sp³-hybridized carbons (Fsp3) is 0.200. The Hall–Kier alpha value is -1.78. The van der Waals surface area contributed by atoms with Crippen molar-refractivity contribution in [3.63, 3.8) is 0 Å². The smallest absolute Gasteiger partial charge is 0.134 e. The first kappa shape index (κ1) is 18.0. The maximum Gasteiger partial charge on any atom is 0.134 e. The van der Waals surface area contributed by atoms with Gasteiger partial charge in [-0.2, -0.15) is 0 Å². The van der Waals surface area contributed by atoms with Gasteiger partial charge in [-0.15, -0.1) is 0 Å². The Labute approximate surface area is 157 Å². The van der Waals surface area contributed by atoms with Gasteiger partial charge in [-0.1, -0.05) is 53.5 Å². The van der Waals surface area contributed by atoms with Gasteiger partial charge in [-0.3, -0.25) is 0 Å². The van der Waals surface area contributed by atoms with Crippen LogP contribution in [0.5, 0.6) is 0 Å². The molecule has 5 heteroatoms. The first-order valence-electron chi connectivity index (χ1n) is 8.04. The van der Waals surface area contributed by atoms with E-state index in [-0.39, 0.29) is 6.04 Å². The van der Waals surface area contributed by atoms with E-state index >= 15 is 0 Å². The van der Waals surface area contributed by atoms with E-state index in [1.54, 1.807) is 6.07 Å². The van der Waals surface area contributed by atoms with Crippen molar-refractivity contribution >= 4 is 23.2 Å². The van der Waals surface area contributed by atoms with E-state index in [4.69, 9.17) is 27.6 Å². The molecule has 0 aliphatic heterocycles. The number of rotatable bonds is 6. The Morgan fingerprint density at radius 2 is 1.68 bits per heavy atom. The molecule has 2 N–H and O–H groups in total. The van der Waals surface area contributed by atoms with Crippen molar-refractivity contribution in [2.75, 3.05) is 0 Å². The lowest BCUT2D eigenvalue weighted by molar-refractivity contribution is 0.134. The third-order valence-electron chi connectivity index (χ3n) is 4.02. The van der Waals surface area contributed by atoms with Crippen molar-refractivity contribution < 1.29 is 9.52 Å². The molecule has 2 aromatic carbocycles. The van der Waals surface area contributed by atoms with Crippen LogP contribution in [0.3, 0.4) is 0 Å². The summed E-state index contributed by atoms with van der Waals surface area (Å²) in [5, 5.41) is 14.8. The summed E-state index contributed by atoms with van der Waals surface area (Å²) in [4.78, 5) is 0. The lowest BCUT2D eigenvalue weighted by atomic mass is 10.0. The van der Waals surface area contributed by atoms with Crippen molar-refractivity contribution in [3.05, 3.63) is 82.0 Å². The van der Waals surface area contributed by atoms with Crippen molar-refractivity contribution in [2.24, 2.45) is 0 Å². The molecule has 1 aromatic heterocycles. The van der Waals surface area contributed by atoms with E-state index in [0.717, 1.165) is 16.9 Å². The minimum absolute atomic E-state index is 0.114. The summed E-state index contributed by atoms with van der Waals surface area (Å²) in [7, 11) is 0. The number of hydrogen-bond donors (Lipinski definition) is 2. The predicted molar refractivity (Wildman–Crippen MR) is 102 cm³/mol. The molecular weight excluding hydrogens is 357 g/mol. The quantitative estimate of drug-likeness (QED) is 0.600. The highest BCUT2D eigenvalue weighted by molar-refractivity contribution is 6.35. The summed E-state index contributed by atoms with van der Waals surface area (Å²) >= 11 is 12.1. The number of hydrogen-bond acceptors (Lipinski definition) is 3. The predicted octanol–water partition coefficient (Wildman–Crippen LogP) is 5.47. The molecule has 0 radical (unpaired) electrons. The van der Waals surface area contributed by atoms with E-state index in [0.29, 0.717) is 22.4 Å². The minimum atomic E-state index is -0.581. The van der Waals surface area contributed by atoms with Crippen LogP contribution in [0.2, 0.25) is 10.0 Å². The topological polar surface area (TPSA) is 45.4 Å². The zero-order valence-corrected chi connectivity index (χ0v) is 15.3. The summed E-state index contributed by atoms with van der Waals surface area (Å²) < 4.78 is 5.85. The van der Waals surface area contributed by atoms with Crippen molar-refractivity contribution in [3.8, 4) is 11.3 Å². The molecule has 3 nitrogen and oxygen atoms in total. The van der Waals surface area contributed by atoms with Crippen LogP contribution >= 0.6 is 23.2 Å². The SMILES string of the molecule is C[C@@H](NCc1ccc(-c2cc(Cl)cc(Cl)c2)o1)[C@@H](O)c1ccccc1. The Bertz CT molecular complexity index is 812. The summed E-state index contributed by atoms with van der Waals surface area (Å²) in [6, 6.07) is 18.6. The summed E-state index contributed by atoms with van der Waals surface area (Å²) in [6.07, 6.45) is -0.581. The van der Waals surface area contributed by atoms with Gasteiger partial charge < -0.3 is 14.8 Å². The molecule has 3 aromatic rings. The van der Waals surface area contributed by atoms with Gasteiger partial charge in [-0.25, -0.2) is 0 Å². The highest BCUT2D eigenvalue weighted by atomic mass is 35.5. The number of nitrogens with one attached hydrogen (secondary N) is 1. The molecule has 3 rings (SSSR count). The van der Waals surface area contributed by atoms with Gasteiger partial charge in [0, 0.05) is 21.7 Å². The second kappa shape index (κ2) is 8.07. The fourth-order valence-electron chi connectivity index (χ4n) is 2.64. The van der Waals surface area contributed by atoms with Crippen LogP contribution in [0, 0.1) is 0 Å². The van der Waals surface area contributed by atoms with Crippen LogP contribution in [0.25, 0.3) is 11.3 Å². The first-order chi connectivity index (χ1) is 12.0. The van der Waals surface area contributed by atoms with Gasteiger partial charge in [0.1, 0.15) is 11.5 Å². The molecule has 0 unspecified atom stereocenters. The Morgan fingerprint density at radius 1 is 1.00 bits per heavy atom. The largest absolute Gasteiger partial charge is 0.460 e. The molecule has 0 amide bonds. The molecule has 0 saturated heterocycles. The van der Waals surface area contributed by atoms with Crippen LogP contribution < -0.4 is 5.32 Å². The zero-order chi connectivity index (χ0) is 17.8. The van der Waals surface area contributed by atoms with Gasteiger partial charge in [0.05, 0.1) is 12.6 Å². The standard InChI is InChI=1S/C20H19Cl2NO2/c1-13(20(24)14-5-3-2-4-6-14)23-12-18-7-8-19(25-18)15-9-16(21)11-17(22)10-15/h2-11,13,20,23-24H,12H2,1H3/t13-,20-/m1/s1. The summed E-state index contributed by atoms with van der Waals surface area (Å²) in [5.74, 6) is 1.48. The molecule has 130 valence electrons. The Kier molecular flexibility index (Phi) is 5.82. The van der Waals surface area contributed by atoms with Gasteiger partial charge in [0.25, 0.3) is 0 Å². The molecule has 0 spiro atoms. The second-order valence-corrected chi connectivity index (χ2v) is 6.82. The van der Waals surface area contributed by atoms with Crippen LogP contribution in [0.4, 0.5) is 0 Å². The molecule has 0 bridgehead atoms. The van der Waals surface area contributed by atoms with E-state index in [1.165, 1.54) is 0 Å². The third-order valence-corrected chi connectivity index (χ3v) is 4.46. The molecular formula is C20H19Cl2NO2. The van der Waals surface area contributed by atoms with Gasteiger partial charge in [0.2, 0.25) is 0 Å². The maximum atomic E-state index is 10.4. The number of furan rings is 1. The van der Waals surface area contributed by atoms with Crippen molar-refractivity contribution in [2.45, 2.75) is 25.6 Å².